The topological polar surface area (TPSA) is 55.2 Å². The number of rotatable bonds is 1. The molecule has 0 bridgehead atoms. The summed E-state index contributed by atoms with van der Waals surface area (Å²) in [6.07, 6.45) is 1.15. The summed E-state index contributed by atoms with van der Waals surface area (Å²) in [5.74, 6) is 0.944. The molecule has 0 radical (unpaired) electrons. The Balaban J connectivity index is 2.05. The van der Waals surface area contributed by atoms with Crippen molar-refractivity contribution in [1.29, 1.82) is 0 Å². The van der Waals surface area contributed by atoms with Crippen LogP contribution < -0.4 is 5.56 Å². The van der Waals surface area contributed by atoms with Gasteiger partial charge in [-0.05, 0) is 17.9 Å². The normalized spacial score (nSPS) is 15.2. The van der Waals surface area contributed by atoms with E-state index >= 15 is 0 Å². The number of aromatic nitrogens is 2. The number of carbonyl (C=O) groups excluding carboxylic acids is 1. The van der Waals surface area contributed by atoms with Crippen molar-refractivity contribution in [2.45, 2.75) is 33.2 Å². The molecule has 20 heavy (non-hydrogen) atoms. The van der Waals surface area contributed by atoms with Crippen LogP contribution in [-0.4, -0.2) is 33.4 Å². The van der Waals surface area contributed by atoms with E-state index in [1.807, 2.05) is 24.1 Å². The van der Waals surface area contributed by atoms with E-state index in [0.717, 1.165) is 21.6 Å². The number of hydrogen-bond acceptors (Lipinski definition) is 4. The van der Waals surface area contributed by atoms with Crippen LogP contribution in [0.4, 0.5) is 0 Å². The maximum atomic E-state index is 12.6. The van der Waals surface area contributed by atoms with Crippen molar-refractivity contribution < 1.29 is 4.79 Å². The molecule has 5 nitrogen and oxygen atoms in total. The first-order valence-electron chi connectivity index (χ1n) is 6.87. The van der Waals surface area contributed by atoms with E-state index in [1.165, 1.54) is 11.3 Å². The molecule has 0 aliphatic carbocycles. The van der Waals surface area contributed by atoms with E-state index in [2.05, 4.69) is 4.98 Å². The minimum atomic E-state index is 0.0366. The van der Waals surface area contributed by atoms with E-state index < -0.39 is 0 Å². The average Bonchev–Trinajstić information content (AvgIpc) is 2.69. The number of thiophene rings is 1. The van der Waals surface area contributed by atoms with Crippen LogP contribution in [0.25, 0.3) is 10.2 Å². The smallest absolute Gasteiger partial charge is 0.262 e. The van der Waals surface area contributed by atoms with Gasteiger partial charge in [-0.25, -0.2) is 4.98 Å². The molecule has 2 aromatic rings. The number of fused-ring (bicyclic) bond motifs is 2. The van der Waals surface area contributed by atoms with Crippen LogP contribution in [0.15, 0.2) is 10.2 Å². The first-order valence-corrected chi connectivity index (χ1v) is 7.75. The van der Waals surface area contributed by atoms with Crippen LogP contribution in [0.1, 0.15) is 24.7 Å². The van der Waals surface area contributed by atoms with Crippen molar-refractivity contribution >= 4 is 27.5 Å². The molecule has 0 saturated carbocycles. The molecule has 0 unspecified atom stereocenters. The molecule has 106 valence electrons. The zero-order valence-corrected chi connectivity index (χ0v) is 12.5. The molecular weight excluding hydrogens is 274 g/mol. The zero-order chi connectivity index (χ0) is 14.3. The Labute approximate surface area is 120 Å². The highest BCUT2D eigenvalue weighted by Crippen LogP contribution is 2.21. The lowest BCUT2D eigenvalue weighted by Gasteiger charge is -2.18. The fourth-order valence-corrected chi connectivity index (χ4v) is 3.60. The molecule has 0 fully saturated rings. The highest BCUT2D eigenvalue weighted by Gasteiger charge is 2.20. The fourth-order valence-electron chi connectivity index (χ4n) is 2.66. The van der Waals surface area contributed by atoms with Gasteiger partial charge in [0.15, 0.2) is 0 Å². The maximum absolute atomic E-state index is 12.6. The second-order valence-electron chi connectivity index (χ2n) is 5.07. The predicted octanol–water partition coefficient (Wildman–Crippen LogP) is 1.56. The van der Waals surface area contributed by atoms with Gasteiger partial charge in [-0.15, -0.1) is 11.3 Å². The number of amides is 1. The third-order valence-electron chi connectivity index (χ3n) is 3.81. The zero-order valence-electron chi connectivity index (χ0n) is 11.7. The van der Waals surface area contributed by atoms with Crippen LogP contribution in [-0.2, 0) is 17.8 Å². The van der Waals surface area contributed by atoms with E-state index in [9.17, 15) is 9.59 Å². The first kappa shape index (κ1) is 13.3. The highest BCUT2D eigenvalue weighted by atomic mass is 32.1. The average molecular weight is 291 g/mol. The van der Waals surface area contributed by atoms with Gasteiger partial charge >= 0.3 is 0 Å². The lowest BCUT2D eigenvalue weighted by Crippen LogP contribution is -2.33. The number of nitrogens with zero attached hydrogens (tertiary/aromatic N) is 3. The molecule has 1 aliphatic rings. The van der Waals surface area contributed by atoms with Crippen molar-refractivity contribution in [3.8, 4) is 0 Å². The van der Waals surface area contributed by atoms with E-state index in [0.29, 0.717) is 32.5 Å². The number of hydrogen-bond donors (Lipinski definition) is 0. The third-order valence-corrected chi connectivity index (χ3v) is 4.80. The Morgan fingerprint density at radius 1 is 1.40 bits per heavy atom. The van der Waals surface area contributed by atoms with E-state index in [4.69, 9.17) is 0 Å². The highest BCUT2D eigenvalue weighted by molar-refractivity contribution is 7.16. The van der Waals surface area contributed by atoms with Gasteiger partial charge in [0.25, 0.3) is 5.56 Å². The second kappa shape index (κ2) is 5.01. The second-order valence-corrected chi connectivity index (χ2v) is 5.93. The Hall–Kier alpha value is -1.69. The Morgan fingerprint density at radius 2 is 2.20 bits per heavy atom. The molecule has 2 aromatic heterocycles. The number of carbonyl (C=O) groups is 1. The molecule has 0 saturated heterocycles. The number of aryl methyl sites for hydroxylation is 1. The first-order chi connectivity index (χ1) is 9.61. The molecule has 0 atom stereocenters. The van der Waals surface area contributed by atoms with Gasteiger partial charge < -0.3 is 4.90 Å². The van der Waals surface area contributed by atoms with Crippen LogP contribution in [0.3, 0.4) is 0 Å². The summed E-state index contributed by atoms with van der Waals surface area (Å²) >= 11 is 1.51. The quantitative estimate of drug-likeness (QED) is 0.801. The van der Waals surface area contributed by atoms with Crippen molar-refractivity contribution in [3.63, 3.8) is 0 Å². The van der Waals surface area contributed by atoms with Gasteiger partial charge in [-0.3, -0.25) is 14.2 Å². The molecule has 6 heteroatoms. The van der Waals surface area contributed by atoms with Crippen molar-refractivity contribution in [3.05, 3.63) is 27.1 Å². The van der Waals surface area contributed by atoms with Gasteiger partial charge in [-0.2, -0.15) is 0 Å². The lowest BCUT2D eigenvalue weighted by atomic mass is 10.2. The predicted molar refractivity (Wildman–Crippen MR) is 79.2 cm³/mol. The summed E-state index contributed by atoms with van der Waals surface area (Å²) in [5, 5.41) is 2.71. The fraction of sp³-hybridized carbons (Fsp3) is 0.500. The molecule has 0 N–H and O–H groups in total. The van der Waals surface area contributed by atoms with Gasteiger partial charge in [0.2, 0.25) is 5.91 Å². The standard InChI is InChI=1S/C14H17N3O2S/c1-3-11(18)16-5-4-10-15-13-12(9(2)8-20-13)14(19)17(10)7-6-16/h8H,3-7H2,1-2H3. The lowest BCUT2D eigenvalue weighted by molar-refractivity contribution is -0.130. The maximum Gasteiger partial charge on any atom is 0.262 e. The summed E-state index contributed by atoms with van der Waals surface area (Å²) < 4.78 is 1.74. The van der Waals surface area contributed by atoms with Crippen LogP contribution in [0.2, 0.25) is 0 Å². The summed E-state index contributed by atoms with van der Waals surface area (Å²) in [7, 11) is 0. The van der Waals surface area contributed by atoms with Gasteiger partial charge in [-0.1, -0.05) is 6.92 Å². The largest absolute Gasteiger partial charge is 0.340 e. The Bertz CT molecular complexity index is 732. The molecule has 3 rings (SSSR count). The molecule has 1 amide bonds. The van der Waals surface area contributed by atoms with E-state index in [-0.39, 0.29) is 11.5 Å². The van der Waals surface area contributed by atoms with Gasteiger partial charge in [0.1, 0.15) is 10.7 Å². The molecular formula is C14H17N3O2S. The minimum Gasteiger partial charge on any atom is -0.340 e. The Kier molecular flexibility index (Phi) is 3.33. The molecule has 1 aliphatic heterocycles. The van der Waals surface area contributed by atoms with Crippen LogP contribution in [0.5, 0.6) is 0 Å². The van der Waals surface area contributed by atoms with Gasteiger partial charge in [0, 0.05) is 32.5 Å². The molecule has 0 spiro atoms. The van der Waals surface area contributed by atoms with Gasteiger partial charge in [0.05, 0.1) is 5.39 Å². The summed E-state index contributed by atoms with van der Waals surface area (Å²) in [6.45, 7) is 5.59. The van der Waals surface area contributed by atoms with Crippen molar-refractivity contribution in [2.24, 2.45) is 0 Å². The summed E-state index contributed by atoms with van der Waals surface area (Å²) in [4.78, 5) is 31.7. The van der Waals surface area contributed by atoms with Crippen LogP contribution >= 0.6 is 11.3 Å². The Morgan fingerprint density at radius 3 is 2.95 bits per heavy atom. The summed E-state index contributed by atoms with van der Waals surface area (Å²) in [5.41, 5.74) is 1.03. The molecule has 3 heterocycles. The SMILES string of the molecule is CCC(=O)N1CCc2nc3scc(C)c3c(=O)n2CC1. The minimum absolute atomic E-state index is 0.0366. The molecule has 0 aromatic carbocycles. The third kappa shape index (κ3) is 2.04. The monoisotopic (exact) mass is 291 g/mol. The van der Waals surface area contributed by atoms with Crippen molar-refractivity contribution in [1.82, 2.24) is 14.5 Å². The van der Waals surface area contributed by atoms with E-state index in [1.54, 1.807) is 4.57 Å². The van der Waals surface area contributed by atoms with Crippen LogP contribution in [0, 0.1) is 6.92 Å². The van der Waals surface area contributed by atoms with Crippen molar-refractivity contribution in [2.75, 3.05) is 13.1 Å². The summed E-state index contributed by atoms with van der Waals surface area (Å²) in [6, 6.07) is 0.